The Balaban J connectivity index is 1.44. The summed E-state index contributed by atoms with van der Waals surface area (Å²) < 4.78 is 6.34. The normalized spacial score (nSPS) is 44.6. The van der Waals surface area contributed by atoms with E-state index in [1.165, 1.54) is 12.8 Å². The van der Waals surface area contributed by atoms with Crippen LogP contribution in [0.3, 0.4) is 0 Å². The van der Waals surface area contributed by atoms with Crippen LogP contribution in [-0.2, 0) is 14.3 Å². The summed E-state index contributed by atoms with van der Waals surface area (Å²) in [6, 6.07) is 0. The van der Waals surface area contributed by atoms with E-state index in [4.69, 9.17) is 4.74 Å². The van der Waals surface area contributed by atoms with Gasteiger partial charge in [-0.05, 0) is 93.5 Å². The highest BCUT2D eigenvalue weighted by atomic mass is 16.5. The van der Waals surface area contributed by atoms with Gasteiger partial charge in [0, 0.05) is 24.8 Å². The van der Waals surface area contributed by atoms with E-state index in [2.05, 4.69) is 32.6 Å². The Bertz CT molecular complexity index is 688. The molecular formula is C27H45NO3. The molecule has 0 N–H and O–H groups in total. The van der Waals surface area contributed by atoms with Crippen LogP contribution in [0.1, 0.15) is 86.0 Å². The zero-order valence-electron chi connectivity index (χ0n) is 20.6. The maximum Gasteiger partial charge on any atom is 0.137 e. The van der Waals surface area contributed by atoms with Crippen molar-refractivity contribution in [1.82, 2.24) is 4.90 Å². The molecule has 4 aliphatic carbocycles. The van der Waals surface area contributed by atoms with Crippen LogP contribution in [0.4, 0.5) is 0 Å². The summed E-state index contributed by atoms with van der Waals surface area (Å²) in [6.45, 7) is 14.9. The zero-order valence-corrected chi connectivity index (χ0v) is 20.6. The molecule has 4 saturated carbocycles. The van der Waals surface area contributed by atoms with E-state index in [0.717, 1.165) is 58.3 Å². The monoisotopic (exact) mass is 431 g/mol. The third-order valence-corrected chi connectivity index (χ3v) is 10.4. The van der Waals surface area contributed by atoms with Gasteiger partial charge in [-0.2, -0.15) is 0 Å². The minimum atomic E-state index is -0.0853. The summed E-state index contributed by atoms with van der Waals surface area (Å²) in [5, 5.41) is 0. The van der Waals surface area contributed by atoms with Gasteiger partial charge in [-0.1, -0.05) is 27.7 Å². The Labute approximate surface area is 189 Å². The van der Waals surface area contributed by atoms with Crippen molar-refractivity contribution in [3.05, 3.63) is 0 Å². The van der Waals surface area contributed by atoms with Crippen molar-refractivity contribution >= 4 is 11.6 Å². The second-order valence-corrected chi connectivity index (χ2v) is 11.7. The van der Waals surface area contributed by atoms with Crippen LogP contribution in [0.25, 0.3) is 0 Å². The molecule has 0 unspecified atom stereocenters. The number of hydrogen-bond donors (Lipinski definition) is 0. The average molecular weight is 432 g/mol. The number of carbonyl (C=O) groups is 2. The molecule has 0 saturated heterocycles. The van der Waals surface area contributed by atoms with Crippen LogP contribution in [0.2, 0.25) is 0 Å². The standard InChI is InChI=1S/C27H45NO3/c1-6-28(7-2)14-15-31-20-12-13-26(4)19(16-20)8-9-21-23-11-10-22(18(3)29)27(23,5)17-24(30)25(21)26/h19-23,25H,6-17H2,1-5H3/t19-,20-,21+,22-,23+,25-,26+,27-/m1/s1. The van der Waals surface area contributed by atoms with Gasteiger partial charge in [-0.15, -0.1) is 0 Å². The van der Waals surface area contributed by atoms with E-state index in [1.54, 1.807) is 6.92 Å². The van der Waals surface area contributed by atoms with E-state index < -0.39 is 0 Å². The summed E-state index contributed by atoms with van der Waals surface area (Å²) in [7, 11) is 0. The minimum Gasteiger partial charge on any atom is -0.377 e. The fourth-order valence-corrected chi connectivity index (χ4v) is 8.74. The molecule has 176 valence electrons. The Morgan fingerprint density at radius 2 is 1.81 bits per heavy atom. The SMILES string of the molecule is CCN(CC)CCO[C@@H]1CC[C@@]2(C)[C@H](CC[C@H]3[C@@H]4CC[C@H](C(C)=O)[C@@]4(C)CC(=O)[C@@H]32)C1. The predicted octanol–water partition coefficient (Wildman–Crippen LogP) is 5.14. The number of hydrogen-bond acceptors (Lipinski definition) is 4. The molecule has 0 aromatic heterocycles. The van der Waals surface area contributed by atoms with E-state index >= 15 is 0 Å². The van der Waals surface area contributed by atoms with Gasteiger partial charge in [0.05, 0.1) is 12.7 Å². The fourth-order valence-electron chi connectivity index (χ4n) is 8.74. The van der Waals surface area contributed by atoms with Crippen molar-refractivity contribution < 1.29 is 14.3 Å². The van der Waals surface area contributed by atoms with Crippen LogP contribution in [0, 0.1) is 40.4 Å². The molecule has 4 rings (SSSR count). The minimum absolute atomic E-state index is 0.0853. The Hall–Kier alpha value is -0.740. The van der Waals surface area contributed by atoms with Gasteiger partial charge in [0.2, 0.25) is 0 Å². The highest BCUT2D eigenvalue weighted by Crippen LogP contribution is 2.66. The number of Topliss-reactive ketones (excluding diaryl/α,β-unsaturated/α-hetero) is 2. The Kier molecular flexibility index (Phi) is 6.72. The summed E-state index contributed by atoms with van der Waals surface area (Å²) in [5.41, 5.74) is 0.0480. The lowest BCUT2D eigenvalue weighted by atomic mass is 9.44. The van der Waals surface area contributed by atoms with Crippen molar-refractivity contribution in [2.45, 2.75) is 92.1 Å². The highest BCUT2D eigenvalue weighted by molar-refractivity contribution is 5.87. The number of fused-ring (bicyclic) bond motifs is 5. The van der Waals surface area contributed by atoms with E-state index in [1.807, 2.05) is 0 Å². The molecule has 8 atom stereocenters. The van der Waals surface area contributed by atoms with Crippen molar-refractivity contribution in [2.24, 2.45) is 40.4 Å². The van der Waals surface area contributed by atoms with E-state index in [9.17, 15) is 9.59 Å². The van der Waals surface area contributed by atoms with Crippen molar-refractivity contribution in [3.8, 4) is 0 Å². The number of likely N-dealkylation sites (N-methyl/N-ethyl adjacent to an activating group) is 1. The Morgan fingerprint density at radius 1 is 1.06 bits per heavy atom. The number of ketones is 2. The summed E-state index contributed by atoms with van der Waals surface area (Å²) in [4.78, 5) is 28.4. The van der Waals surface area contributed by atoms with Crippen molar-refractivity contribution in [3.63, 3.8) is 0 Å². The topological polar surface area (TPSA) is 46.6 Å². The Morgan fingerprint density at radius 3 is 2.48 bits per heavy atom. The quantitative estimate of drug-likeness (QED) is 0.560. The van der Waals surface area contributed by atoms with Gasteiger partial charge in [0.15, 0.2) is 0 Å². The molecule has 0 heterocycles. The number of ether oxygens (including phenoxy) is 1. The first-order valence-corrected chi connectivity index (χ1v) is 13.1. The number of nitrogens with zero attached hydrogens (tertiary/aromatic N) is 1. The molecule has 4 fully saturated rings. The molecule has 0 bridgehead atoms. The second kappa shape index (κ2) is 8.89. The van der Waals surface area contributed by atoms with Gasteiger partial charge >= 0.3 is 0 Å². The maximum atomic E-state index is 13.7. The van der Waals surface area contributed by atoms with Crippen LogP contribution in [0.5, 0.6) is 0 Å². The summed E-state index contributed by atoms with van der Waals surface area (Å²) in [6.07, 6.45) is 8.90. The fraction of sp³-hybridized carbons (Fsp3) is 0.926. The first-order chi connectivity index (χ1) is 14.7. The largest absolute Gasteiger partial charge is 0.377 e. The molecule has 0 aromatic carbocycles. The number of rotatable bonds is 7. The molecule has 4 heteroatoms. The van der Waals surface area contributed by atoms with E-state index in [-0.39, 0.29) is 22.7 Å². The third-order valence-electron chi connectivity index (χ3n) is 10.4. The summed E-state index contributed by atoms with van der Waals surface area (Å²) >= 11 is 0. The molecule has 4 nitrogen and oxygen atoms in total. The molecular weight excluding hydrogens is 386 g/mol. The van der Waals surface area contributed by atoms with Gasteiger partial charge in [0.25, 0.3) is 0 Å². The summed E-state index contributed by atoms with van der Waals surface area (Å²) in [5.74, 6) is 2.76. The second-order valence-electron chi connectivity index (χ2n) is 11.7. The molecule has 0 aliphatic heterocycles. The highest BCUT2D eigenvalue weighted by Gasteiger charge is 2.63. The third kappa shape index (κ3) is 3.94. The lowest BCUT2D eigenvalue weighted by Crippen LogP contribution is -2.58. The smallest absolute Gasteiger partial charge is 0.137 e. The average Bonchev–Trinajstić information content (AvgIpc) is 3.07. The van der Waals surface area contributed by atoms with Gasteiger partial charge < -0.3 is 9.64 Å². The predicted molar refractivity (Wildman–Crippen MR) is 124 cm³/mol. The van der Waals surface area contributed by atoms with Crippen LogP contribution in [0.15, 0.2) is 0 Å². The van der Waals surface area contributed by atoms with Crippen LogP contribution < -0.4 is 0 Å². The first kappa shape index (κ1) is 23.4. The van der Waals surface area contributed by atoms with Crippen molar-refractivity contribution in [1.29, 1.82) is 0 Å². The number of carbonyl (C=O) groups excluding carboxylic acids is 2. The molecule has 4 aliphatic rings. The lowest BCUT2D eigenvalue weighted by molar-refractivity contribution is -0.164. The van der Waals surface area contributed by atoms with Gasteiger partial charge in [-0.3, -0.25) is 9.59 Å². The molecule has 0 aromatic rings. The van der Waals surface area contributed by atoms with Crippen molar-refractivity contribution in [2.75, 3.05) is 26.2 Å². The molecule has 0 radical (unpaired) electrons. The van der Waals surface area contributed by atoms with Crippen LogP contribution >= 0.6 is 0 Å². The molecule has 0 amide bonds. The van der Waals surface area contributed by atoms with E-state index in [0.29, 0.717) is 41.8 Å². The van der Waals surface area contributed by atoms with Crippen LogP contribution in [-0.4, -0.2) is 48.8 Å². The molecule has 0 spiro atoms. The lowest BCUT2D eigenvalue weighted by Gasteiger charge is -2.60. The van der Waals surface area contributed by atoms with Gasteiger partial charge in [-0.25, -0.2) is 0 Å². The maximum absolute atomic E-state index is 13.7. The van der Waals surface area contributed by atoms with Gasteiger partial charge in [0.1, 0.15) is 11.6 Å². The zero-order chi connectivity index (χ0) is 22.4. The molecule has 31 heavy (non-hydrogen) atoms. The first-order valence-electron chi connectivity index (χ1n) is 13.1.